The molecule has 0 aromatic carbocycles. The van der Waals surface area contributed by atoms with Crippen LogP contribution in [0.3, 0.4) is 0 Å². The highest BCUT2D eigenvalue weighted by Crippen LogP contribution is 2.38. The monoisotopic (exact) mass is 270 g/mol. The van der Waals surface area contributed by atoms with Gasteiger partial charge < -0.3 is 5.43 Å². The van der Waals surface area contributed by atoms with Crippen molar-refractivity contribution in [3.05, 3.63) is 18.3 Å². The van der Waals surface area contributed by atoms with Crippen molar-refractivity contribution in [1.82, 2.24) is 9.29 Å². The van der Waals surface area contributed by atoms with Crippen molar-refractivity contribution >= 4 is 15.8 Å². The number of nitrogens with two attached hydrogens (primary N) is 1. The molecule has 0 bridgehead atoms. The van der Waals surface area contributed by atoms with Gasteiger partial charge in [0.2, 0.25) is 10.0 Å². The van der Waals surface area contributed by atoms with Crippen molar-refractivity contribution in [3.8, 4) is 0 Å². The standard InChI is InChI=1S/C11H18N4O2S/c1-8-6-9(8)7-15(2)18(16,17)10-4-3-5-13-11(10)14-12/h3-5,8-9H,6-7,12H2,1-2H3,(H,13,14). The Kier molecular flexibility index (Phi) is 3.56. The van der Waals surface area contributed by atoms with Gasteiger partial charge in [0, 0.05) is 19.8 Å². The van der Waals surface area contributed by atoms with Gasteiger partial charge in [-0.15, -0.1) is 0 Å². The molecule has 100 valence electrons. The Hall–Kier alpha value is -1.18. The van der Waals surface area contributed by atoms with E-state index < -0.39 is 10.0 Å². The zero-order valence-electron chi connectivity index (χ0n) is 10.5. The van der Waals surface area contributed by atoms with Crippen molar-refractivity contribution in [2.45, 2.75) is 18.2 Å². The van der Waals surface area contributed by atoms with Gasteiger partial charge in [0.15, 0.2) is 5.82 Å². The molecular formula is C11H18N4O2S. The van der Waals surface area contributed by atoms with E-state index in [0.717, 1.165) is 6.42 Å². The minimum absolute atomic E-state index is 0.114. The average molecular weight is 270 g/mol. The number of nitrogen functional groups attached to an aromatic ring is 1. The molecule has 1 aromatic heterocycles. The molecule has 7 heteroatoms. The zero-order valence-corrected chi connectivity index (χ0v) is 11.3. The number of aromatic nitrogens is 1. The molecule has 1 aromatic rings. The Morgan fingerprint density at radius 1 is 1.61 bits per heavy atom. The number of hydrogen-bond donors (Lipinski definition) is 2. The lowest BCUT2D eigenvalue weighted by Gasteiger charge is -2.18. The molecule has 0 aliphatic heterocycles. The fraction of sp³-hybridized carbons (Fsp3) is 0.545. The van der Waals surface area contributed by atoms with Crippen LogP contribution in [0.2, 0.25) is 0 Å². The Morgan fingerprint density at radius 2 is 2.28 bits per heavy atom. The Labute approximate surface area is 107 Å². The van der Waals surface area contributed by atoms with Crippen LogP contribution in [0.25, 0.3) is 0 Å². The van der Waals surface area contributed by atoms with Gasteiger partial charge in [-0.3, -0.25) is 0 Å². The van der Waals surface area contributed by atoms with E-state index in [1.54, 1.807) is 13.1 Å². The van der Waals surface area contributed by atoms with Crippen LogP contribution in [-0.2, 0) is 10.0 Å². The second-order valence-corrected chi connectivity index (χ2v) is 6.77. The first-order valence-electron chi connectivity index (χ1n) is 5.84. The minimum Gasteiger partial charge on any atom is -0.307 e. The molecule has 1 aliphatic carbocycles. The maximum Gasteiger partial charge on any atom is 0.246 e. The molecule has 2 unspecified atom stereocenters. The molecule has 3 N–H and O–H groups in total. The lowest BCUT2D eigenvalue weighted by atomic mass is 10.3. The smallest absolute Gasteiger partial charge is 0.246 e. The average Bonchev–Trinajstić information content (AvgIpc) is 3.04. The molecule has 2 rings (SSSR count). The number of hydrogen-bond acceptors (Lipinski definition) is 5. The summed E-state index contributed by atoms with van der Waals surface area (Å²) in [5.74, 6) is 6.54. The number of sulfonamides is 1. The fourth-order valence-corrected chi connectivity index (χ4v) is 3.29. The third kappa shape index (κ3) is 2.47. The maximum atomic E-state index is 12.4. The van der Waals surface area contributed by atoms with Crippen LogP contribution in [0.15, 0.2) is 23.2 Å². The summed E-state index contributed by atoms with van der Waals surface area (Å²) in [4.78, 5) is 4.03. The van der Waals surface area contributed by atoms with Crippen molar-refractivity contribution in [2.75, 3.05) is 19.0 Å². The highest BCUT2D eigenvalue weighted by Gasteiger charge is 2.36. The van der Waals surface area contributed by atoms with E-state index in [1.165, 1.54) is 16.6 Å². The first kappa shape index (κ1) is 13.3. The second kappa shape index (κ2) is 4.83. The number of hydrazine groups is 1. The summed E-state index contributed by atoms with van der Waals surface area (Å²) in [6, 6.07) is 3.09. The van der Waals surface area contributed by atoms with Crippen molar-refractivity contribution in [2.24, 2.45) is 17.7 Å². The van der Waals surface area contributed by atoms with Gasteiger partial charge in [-0.25, -0.2) is 23.5 Å². The molecule has 1 aliphatic rings. The highest BCUT2D eigenvalue weighted by molar-refractivity contribution is 7.89. The van der Waals surface area contributed by atoms with E-state index in [2.05, 4.69) is 17.3 Å². The van der Waals surface area contributed by atoms with Crippen LogP contribution in [0, 0.1) is 11.8 Å². The van der Waals surface area contributed by atoms with Gasteiger partial charge in [0.1, 0.15) is 4.90 Å². The Morgan fingerprint density at radius 3 is 2.83 bits per heavy atom. The zero-order chi connectivity index (χ0) is 13.3. The van der Waals surface area contributed by atoms with Crippen molar-refractivity contribution in [1.29, 1.82) is 0 Å². The van der Waals surface area contributed by atoms with Crippen LogP contribution in [0.5, 0.6) is 0 Å². The fourth-order valence-electron chi connectivity index (χ4n) is 1.96. The van der Waals surface area contributed by atoms with E-state index in [9.17, 15) is 8.42 Å². The number of anilines is 1. The largest absolute Gasteiger partial charge is 0.307 e. The molecule has 6 nitrogen and oxygen atoms in total. The van der Waals surface area contributed by atoms with Gasteiger partial charge in [-0.05, 0) is 30.4 Å². The van der Waals surface area contributed by atoms with Gasteiger partial charge in [0.05, 0.1) is 0 Å². The molecule has 1 fully saturated rings. The lowest BCUT2D eigenvalue weighted by molar-refractivity contribution is 0.444. The summed E-state index contributed by atoms with van der Waals surface area (Å²) < 4.78 is 26.1. The molecule has 0 radical (unpaired) electrons. The van der Waals surface area contributed by atoms with Crippen LogP contribution in [0.4, 0.5) is 5.82 Å². The first-order valence-corrected chi connectivity index (χ1v) is 7.28. The highest BCUT2D eigenvalue weighted by atomic mass is 32.2. The number of rotatable bonds is 5. The minimum atomic E-state index is -3.53. The Balaban J connectivity index is 2.24. The molecule has 0 amide bonds. The van der Waals surface area contributed by atoms with E-state index in [0.29, 0.717) is 18.4 Å². The molecule has 1 heterocycles. The Bertz CT molecular complexity index is 532. The summed E-state index contributed by atoms with van der Waals surface area (Å²) >= 11 is 0. The van der Waals surface area contributed by atoms with Crippen LogP contribution in [-0.4, -0.2) is 31.3 Å². The number of nitrogens with zero attached hydrogens (tertiary/aromatic N) is 2. The summed E-state index contributed by atoms with van der Waals surface area (Å²) in [6.07, 6.45) is 2.59. The predicted molar refractivity (Wildman–Crippen MR) is 69.1 cm³/mol. The van der Waals surface area contributed by atoms with E-state index in [1.807, 2.05) is 0 Å². The van der Waals surface area contributed by atoms with Crippen molar-refractivity contribution < 1.29 is 8.42 Å². The first-order chi connectivity index (χ1) is 8.46. The third-order valence-corrected chi connectivity index (χ3v) is 5.22. The van der Waals surface area contributed by atoms with Gasteiger partial charge in [0.25, 0.3) is 0 Å². The quantitative estimate of drug-likeness (QED) is 0.605. The molecule has 1 saturated carbocycles. The van der Waals surface area contributed by atoms with Crippen LogP contribution in [0.1, 0.15) is 13.3 Å². The molecule has 0 spiro atoms. The normalized spacial score (nSPS) is 23.1. The topological polar surface area (TPSA) is 88.3 Å². The molecule has 0 saturated heterocycles. The third-order valence-electron chi connectivity index (χ3n) is 3.36. The van der Waals surface area contributed by atoms with E-state index in [4.69, 9.17) is 5.84 Å². The number of nitrogens with one attached hydrogen (secondary N) is 1. The van der Waals surface area contributed by atoms with Gasteiger partial charge in [-0.2, -0.15) is 0 Å². The number of pyridine rings is 1. The molecule has 2 atom stereocenters. The summed E-state index contributed by atoms with van der Waals surface area (Å²) in [5, 5.41) is 0. The summed E-state index contributed by atoms with van der Waals surface area (Å²) in [6.45, 7) is 2.67. The summed E-state index contributed by atoms with van der Waals surface area (Å²) in [7, 11) is -1.94. The second-order valence-electron chi connectivity index (χ2n) is 4.75. The molecular weight excluding hydrogens is 252 g/mol. The SMILES string of the molecule is CC1CC1CN(C)S(=O)(=O)c1cccnc1NN. The van der Waals surface area contributed by atoms with Crippen molar-refractivity contribution in [3.63, 3.8) is 0 Å². The summed E-state index contributed by atoms with van der Waals surface area (Å²) in [5.41, 5.74) is 2.32. The van der Waals surface area contributed by atoms with Crippen LogP contribution < -0.4 is 11.3 Å². The van der Waals surface area contributed by atoms with Gasteiger partial charge in [-0.1, -0.05) is 6.92 Å². The van der Waals surface area contributed by atoms with E-state index >= 15 is 0 Å². The van der Waals surface area contributed by atoms with E-state index in [-0.39, 0.29) is 10.7 Å². The predicted octanol–water partition coefficient (Wildman–Crippen LogP) is 0.644. The maximum absolute atomic E-state index is 12.4. The lowest BCUT2D eigenvalue weighted by Crippen LogP contribution is -2.30. The van der Waals surface area contributed by atoms with Crippen LogP contribution >= 0.6 is 0 Å². The molecule has 18 heavy (non-hydrogen) atoms. The van der Waals surface area contributed by atoms with Gasteiger partial charge >= 0.3 is 0 Å².